The van der Waals surface area contributed by atoms with Crippen LogP contribution in [-0.4, -0.2) is 55.1 Å². The zero-order chi connectivity index (χ0) is 15.2. The van der Waals surface area contributed by atoms with Crippen molar-refractivity contribution in [3.05, 3.63) is 29.3 Å². The van der Waals surface area contributed by atoms with E-state index in [9.17, 15) is 8.42 Å². The van der Waals surface area contributed by atoms with Crippen molar-refractivity contribution in [3.63, 3.8) is 0 Å². The third-order valence-electron chi connectivity index (χ3n) is 3.07. The van der Waals surface area contributed by atoms with Crippen molar-refractivity contribution in [2.75, 3.05) is 13.1 Å². The van der Waals surface area contributed by atoms with E-state index in [-0.39, 0.29) is 11.4 Å². The van der Waals surface area contributed by atoms with Gasteiger partial charge in [-0.3, -0.25) is 4.79 Å². The molecule has 0 spiro atoms. The second-order valence-electron chi connectivity index (χ2n) is 4.65. The maximum absolute atomic E-state index is 12.4. The summed E-state index contributed by atoms with van der Waals surface area (Å²) >= 11 is 8.04. The number of carboxylic acid groups (broad SMARTS) is 1. The van der Waals surface area contributed by atoms with E-state index in [4.69, 9.17) is 21.5 Å². The van der Waals surface area contributed by atoms with Crippen molar-refractivity contribution in [2.45, 2.75) is 22.3 Å². The number of halogens is 1. The maximum atomic E-state index is 12.4. The molecule has 1 unspecified atom stereocenters. The molecule has 1 atom stereocenters. The standard InChI is InChI=1S/C11H13ClNO2S.CH2O2.Li/c12-10-6-2-3-7-11(10)16(14,15)13-8-4-1-5-9-13;2-1-3;/h2-4,6-7H,1,5,8-9H2;1H,(H,2,3);. The summed E-state index contributed by atoms with van der Waals surface area (Å²) in [6, 6.07) is 6.62. The topological polar surface area (TPSA) is 74.7 Å². The summed E-state index contributed by atoms with van der Waals surface area (Å²) in [5.74, 6) is 0. The summed E-state index contributed by atoms with van der Waals surface area (Å²) < 4.78 is 26.8. The number of hydrogen-bond donors (Lipinski definition) is 1. The molecular formula is C12H15ClLiNO4S. The fourth-order valence-corrected chi connectivity index (χ4v) is 4.25. The monoisotopic (exact) mass is 311 g/mol. The first-order valence-corrected chi connectivity index (χ1v) is 8.07. The van der Waals surface area contributed by atoms with E-state index in [1.165, 1.54) is 0 Å². The molecule has 0 bridgehead atoms. The van der Waals surface area contributed by atoms with Gasteiger partial charge in [0.2, 0.25) is 0 Å². The number of carbonyl (C=O) groups is 1. The molecule has 1 aliphatic rings. The Bertz CT molecular complexity index is 552. The van der Waals surface area contributed by atoms with Gasteiger partial charge in [0, 0.05) is 0 Å². The minimum absolute atomic E-state index is 0.218. The number of piperidine rings is 1. The van der Waals surface area contributed by atoms with E-state index in [0.29, 0.717) is 22.7 Å². The van der Waals surface area contributed by atoms with Gasteiger partial charge in [-0.25, -0.2) is 0 Å². The Morgan fingerprint density at radius 3 is 2.55 bits per heavy atom. The van der Waals surface area contributed by atoms with Crippen LogP contribution >= 0.6 is 11.6 Å². The van der Waals surface area contributed by atoms with Gasteiger partial charge in [0.25, 0.3) is 6.47 Å². The van der Waals surface area contributed by atoms with Gasteiger partial charge >= 0.3 is 117 Å². The Morgan fingerprint density at radius 1 is 1.40 bits per heavy atom. The SMILES string of the molecule is O=CO.[Li][CH]1CCCN(S(=O)(=O)c2ccccc2Cl)C1. The molecule has 1 saturated heterocycles. The molecule has 1 N–H and O–H groups in total. The van der Waals surface area contributed by atoms with E-state index >= 15 is 0 Å². The average molecular weight is 312 g/mol. The van der Waals surface area contributed by atoms with Gasteiger partial charge in [0.05, 0.1) is 0 Å². The molecule has 0 saturated carbocycles. The van der Waals surface area contributed by atoms with Crippen molar-refractivity contribution < 1.29 is 18.3 Å². The molecule has 20 heavy (non-hydrogen) atoms. The predicted molar refractivity (Wildman–Crippen MR) is 77.6 cm³/mol. The molecule has 1 fully saturated rings. The van der Waals surface area contributed by atoms with Crippen LogP contribution in [0.2, 0.25) is 9.61 Å². The molecule has 2 rings (SSSR count). The zero-order valence-corrected chi connectivity index (χ0v) is 12.8. The Balaban J connectivity index is 0.000000612. The fourth-order valence-electron chi connectivity index (χ4n) is 2.16. The van der Waals surface area contributed by atoms with Crippen molar-refractivity contribution in [3.8, 4) is 0 Å². The van der Waals surface area contributed by atoms with Gasteiger partial charge < -0.3 is 5.11 Å². The predicted octanol–water partition coefficient (Wildman–Crippen LogP) is 1.78. The van der Waals surface area contributed by atoms with Crippen molar-refractivity contribution in [1.29, 1.82) is 0 Å². The van der Waals surface area contributed by atoms with Gasteiger partial charge in [0.1, 0.15) is 0 Å². The molecule has 5 nitrogen and oxygen atoms in total. The first kappa shape index (κ1) is 17.5. The molecule has 1 heterocycles. The van der Waals surface area contributed by atoms with Crippen LogP contribution in [0.1, 0.15) is 12.8 Å². The second kappa shape index (κ2) is 8.06. The van der Waals surface area contributed by atoms with Crippen LogP contribution in [0.15, 0.2) is 29.2 Å². The van der Waals surface area contributed by atoms with Crippen LogP contribution in [0.5, 0.6) is 0 Å². The van der Waals surface area contributed by atoms with Crippen LogP contribution in [0.25, 0.3) is 0 Å². The van der Waals surface area contributed by atoms with Crippen LogP contribution in [-0.2, 0) is 14.8 Å². The van der Waals surface area contributed by atoms with E-state index < -0.39 is 10.0 Å². The third kappa shape index (κ3) is 4.50. The summed E-state index contributed by atoms with van der Waals surface area (Å²) in [6.07, 6.45) is 2.01. The number of rotatable bonds is 2. The van der Waals surface area contributed by atoms with Crippen LogP contribution in [0.3, 0.4) is 0 Å². The average Bonchev–Trinajstić information content (AvgIpc) is 2.40. The number of sulfonamides is 1. The summed E-state index contributed by atoms with van der Waals surface area (Å²) in [4.78, 5) is 8.58. The number of hydrogen-bond acceptors (Lipinski definition) is 3. The Hall–Kier alpha value is -0.513. The summed E-state index contributed by atoms with van der Waals surface area (Å²) in [7, 11) is -3.42. The summed E-state index contributed by atoms with van der Waals surface area (Å²) in [5.41, 5.74) is 0. The Labute approximate surface area is 133 Å². The van der Waals surface area contributed by atoms with E-state index in [1.54, 1.807) is 28.6 Å². The zero-order valence-electron chi connectivity index (χ0n) is 11.2. The van der Waals surface area contributed by atoms with E-state index in [2.05, 4.69) is 17.7 Å². The first-order valence-electron chi connectivity index (χ1n) is 6.26. The quantitative estimate of drug-likeness (QED) is 0.667. The molecular weight excluding hydrogens is 297 g/mol. The molecule has 0 aromatic heterocycles. The van der Waals surface area contributed by atoms with Gasteiger partial charge in [-0.1, -0.05) is 0 Å². The van der Waals surface area contributed by atoms with E-state index in [1.807, 2.05) is 0 Å². The van der Waals surface area contributed by atoms with E-state index in [0.717, 1.165) is 12.8 Å². The van der Waals surface area contributed by atoms with Gasteiger partial charge in [-0.15, -0.1) is 0 Å². The first-order chi connectivity index (χ1) is 9.43. The molecule has 0 radical (unpaired) electrons. The Morgan fingerprint density at radius 2 is 2.00 bits per heavy atom. The number of nitrogens with zero attached hydrogens (tertiary/aromatic N) is 1. The molecule has 8 heteroatoms. The fraction of sp³-hybridized carbons (Fsp3) is 0.417. The third-order valence-corrected chi connectivity index (χ3v) is 5.44. The molecule has 1 aliphatic heterocycles. The molecule has 106 valence electrons. The van der Waals surface area contributed by atoms with Crippen LogP contribution in [0, 0.1) is 0 Å². The summed E-state index contributed by atoms with van der Waals surface area (Å²) in [6.45, 7) is 0.936. The Kier molecular flexibility index (Phi) is 7.07. The summed E-state index contributed by atoms with van der Waals surface area (Å²) in [5, 5.41) is 7.19. The van der Waals surface area contributed by atoms with Crippen LogP contribution in [0.4, 0.5) is 0 Å². The number of benzene rings is 1. The minimum atomic E-state index is -3.42. The molecule has 0 aliphatic carbocycles. The van der Waals surface area contributed by atoms with Crippen molar-refractivity contribution in [2.24, 2.45) is 0 Å². The van der Waals surface area contributed by atoms with Gasteiger partial charge in [0.15, 0.2) is 0 Å². The van der Waals surface area contributed by atoms with Crippen molar-refractivity contribution >= 4 is 45.8 Å². The second-order valence-corrected chi connectivity index (χ2v) is 6.96. The van der Waals surface area contributed by atoms with Gasteiger partial charge in [-0.05, 0) is 0 Å². The molecule has 0 amide bonds. The van der Waals surface area contributed by atoms with Gasteiger partial charge in [-0.2, -0.15) is 0 Å². The molecule has 1 aromatic carbocycles. The van der Waals surface area contributed by atoms with Crippen LogP contribution < -0.4 is 0 Å². The van der Waals surface area contributed by atoms with Crippen molar-refractivity contribution in [1.82, 2.24) is 4.31 Å². The molecule has 1 aromatic rings. The normalized spacial score (nSPS) is 19.9.